The molecule has 0 radical (unpaired) electrons. The monoisotopic (exact) mass is 481 g/mol. The van der Waals surface area contributed by atoms with E-state index in [2.05, 4.69) is 20.3 Å². The molecule has 2 aromatic carbocycles. The summed E-state index contributed by atoms with van der Waals surface area (Å²) in [6, 6.07) is 10.6. The summed E-state index contributed by atoms with van der Waals surface area (Å²) in [6.07, 6.45) is -2.91. The zero-order valence-electron chi connectivity index (χ0n) is 17.2. The van der Waals surface area contributed by atoms with Crippen LogP contribution in [0.25, 0.3) is 0 Å². The topological polar surface area (TPSA) is 112 Å². The van der Waals surface area contributed by atoms with Gasteiger partial charge in [0.15, 0.2) is 5.16 Å². The first-order valence-corrected chi connectivity index (χ1v) is 10.2. The second-order valence-corrected chi connectivity index (χ2v) is 7.88. The summed E-state index contributed by atoms with van der Waals surface area (Å²) in [5.74, 6) is -0.508. The first kappa shape index (κ1) is 24.2. The summed E-state index contributed by atoms with van der Waals surface area (Å²) in [6.45, 7) is -1.38. The number of nitrogens with zero attached hydrogens (tertiary/aromatic N) is 4. The van der Waals surface area contributed by atoms with Crippen molar-refractivity contribution >= 4 is 23.4 Å². The predicted molar refractivity (Wildman–Crippen MR) is 112 cm³/mol. The molecule has 1 N–H and O–H groups in total. The van der Waals surface area contributed by atoms with Crippen LogP contribution in [0.1, 0.15) is 21.5 Å². The first-order chi connectivity index (χ1) is 15.6. The highest BCUT2D eigenvalue weighted by atomic mass is 32.2. The van der Waals surface area contributed by atoms with Gasteiger partial charge in [0.2, 0.25) is 0 Å². The van der Waals surface area contributed by atoms with Crippen molar-refractivity contribution in [1.82, 2.24) is 20.1 Å². The summed E-state index contributed by atoms with van der Waals surface area (Å²) in [7, 11) is 1.71. The summed E-state index contributed by atoms with van der Waals surface area (Å²) in [4.78, 5) is 23.7. The Bertz CT molecular complexity index is 1140. The van der Waals surface area contributed by atoms with Gasteiger partial charge in [-0.1, -0.05) is 24.3 Å². The average Bonchev–Trinajstić information content (AvgIpc) is 3.16. The molecule has 0 aliphatic heterocycles. The lowest BCUT2D eigenvalue weighted by Gasteiger charge is -2.09. The second-order valence-electron chi connectivity index (χ2n) is 6.87. The number of amides is 1. The molecule has 0 spiro atoms. The van der Waals surface area contributed by atoms with Gasteiger partial charge in [0.1, 0.15) is 12.9 Å². The Labute approximate surface area is 190 Å². The van der Waals surface area contributed by atoms with Gasteiger partial charge >= 0.3 is 6.18 Å². The molecule has 0 atom stereocenters. The van der Waals surface area contributed by atoms with Crippen LogP contribution in [-0.4, -0.2) is 38.4 Å². The lowest BCUT2D eigenvalue weighted by Crippen LogP contribution is -2.22. The number of benzene rings is 2. The summed E-state index contributed by atoms with van der Waals surface area (Å²) in [5, 5.41) is 22.2. The molecule has 0 fully saturated rings. The highest BCUT2D eigenvalue weighted by Gasteiger charge is 2.27. The molecule has 33 heavy (non-hydrogen) atoms. The number of hydrogen-bond donors (Lipinski definition) is 1. The maximum Gasteiger partial charge on any atom is 0.411 e. The van der Waals surface area contributed by atoms with Gasteiger partial charge in [-0.3, -0.25) is 14.9 Å². The molecule has 0 unspecified atom stereocenters. The number of ether oxygens (including phenoxy) is 1. The van der Waals surface area contributed by atoms with Crippen molar-refractivity contribution in [1.29, 1.82) is 0 Å². The molecule has 1 amide bonds. The van der Waals surface area contributed by atoms with Gasteiger partial charge in [-0.05, 0) is 35.0 Å². The third-order valence-electron chi connectivity index (χ3n) is 4.30. The lowest BCUT2D eigenvalue weighted by atomic mass is 10.1. The van der Waals surface area contributed by atoms with Gasteiger partial charge in [0.05, 0.1) is 16.4 Å². The zero-order chi connectivity index (χ0) is 24.0. The number of aromatic nitrogens is 3. The molecule has 0 saturated heterocycles. The van der Waals surface area contributed by atoms with Crippen molar-refractivity contribution in [3.05, 3.63) is 75.6 Å². The third kappa shape index (κ3) is 7.02. The molecule has 13 heteroatoms. The van der Waals surface area contributed by atoms with Crippen molar-refractivity contribution < 1.29 is 27.6 Å². The zero-order valence-corrected chi connectivity index (χ0v) is 18.0. The number of carbonyl (C=O) groups excluding carboxylic acids is 1. The van der Waals surface area contributed by atoms with E-state index in [4.69, 9.17) is 0 Å². The number of carbonyl (C=O) groups is 1. The minimum Gasteiger partial charge on any atom is -0.367 e. The summed E-state index contributed by atoms with van der Waals surface area (Å²) < 4.78 is 42.6. The van der Waals surface area contributed by atoms with E-state index in [0.29, 0.717) is 21.2 Å². The molecular formula is C20H18F3N5O4S. The number of aryl methyl sites for hydroxylation is 1. The van der Waals surface area contributed by atoms with Gasteiger partial charge in [-0.2, -0.15) is 13.2 Å². The van der Waals surface area contributed by atoms with Gasteiger partial charge in [0.25, 0.3) is 11.6 Å². The number of nitro groups is 1. The fourth-order valence-corrected chi connectivity index (χ4v) is 3.52. The molecule has 174 valence electrons. The van der Waals surface area contributed by atoms with E-state index in [1.54, 1.807) is 35.9 Å². The Morgan fingerprint density at radius 2 is 1.91 bits per heavy atom. The standard InChI is InChI=1S/C20H18F3N5O4S/c1-27-12-25-26-19(27)33-17-7-6-15(8-16(17)28(30)31)18(29)24-9-13-2-4-14(5-3-13)10-32-11-20(21,22)23/h2-8,12H,9-11H2,1H3,(H,24,29). The molecular weight excluding hydrogens is 463 g/mol. The van der Waals surface area contributed by atoms with Crippen molar-refractivity contribution in [3.8, 4) is 0 Å². The number of rotatable bonds is 9. The molecule has 3 aromatic rings. The van der Waals surface area contributed by atoms with Crippen molar-refractivity contribution in [2.75, 3.05) is 6.61 Å². The van der Waals surface area contributed by atoms with Gasteiger partial charge in [-0.15, -0.1) is 10.2 Å². The van der Waals surface area contributed by atoms with E-state index in [9.17, 15) is 28.1 Å². The number of nitrogens with one attached hydrogen (secondary N) is 1. The average molecular weight is 481 g/mol. The molecule has 0 aliphatic rings. The fourth-order valence-electron chi connectivity index (χ4n) is 2.67. The molecule has 9 nitrogen and oxygen atoms in total. The van der Waals surface area contributed by atoms with Crippen molar-refractivity contribution in [3.63, 3.8) is 0 Å². The smallest absolute Gasteiger partial charge is 0.367 e. The Hall–Kier alpha value is -3.45. The maximum absolute atomic E-state index is 12.5. The SMILES string of the molecule is Cn1cnnc1Sc1ccc(C(=O)NCc2ccc(COCC(F)(F)F)cc2)cc1[N+](=O)[O-]. The maximum atomic E-state index is 12.5. The van der Waals surface area contributed by atoms with E-state index in [1.165, 1.54) is 24.5 Å². The molecule has 0 aliphatic carbocycles. The van der Waals surface area contributed by atoms with Crippen LogP contribution in [0.3, 0.4) is 0 Å². The lowest BCUT2D eigenvalue weighted by molar-refractivity contribution is -0.387. The minimum atomic E-state index is -4.38. The van der Waals surface area contributed by atoms with Gasteiger partial charge < -0.3 is 14.6 Å². The Kier molecular flexibility index (Phi) is 7.66. The number of halogens is 3. The van der Waals surface area contributed by atoms with E-state index in [-0.39, 0.29) is 24.4 Å². The van der Waals surface area contributed by atoms with Crippen LogP contribution >= 0.6 is 11.8 Å². The highest BCUT2D eigenvalue weighted by Crippen LogP contribution is 2.34. The fraction of sp³-hybridized carbons (Fsp3) is 0.250. The van der Waals surface area contributed by atoms with Crippen LogP contribution in [0.4, 0.5) is 18.9 Å². The van der Waals surface area contributed by atoms with Crippen LogP contribution in [-0.2, 0) is 24.9 Å². The Morgan fingerprint density at radius 1 is 1.21 bits per heavy atom. The van der Waals surface area contributed by atoms with E-state index in [0.717, 1.165) is 11.8 Å². The summed E-state index contributed by atoms with van der Waals surface area (Å²) >= 11 is 1.06. The largest absolute Gasteiger partial charge is 0.411 e. The third-order valence-corrected chi connectivity index (χ3v) is 5.42. The van der Waals surface area contributed by atoms with Crippen molar-refractivity contribution in [2.24, 2.45) is 7.05 Å². The molecule has 1 aromatic heterocycles. The quantitative estimate of drug-likeness (QED) is 0.365. The number of nitro benzene ring substituents is 1. The summed E-state index contributed by atoms with van der Waals surface area (Å²) in [5.41, 5.74) is 1.13. The van der Waals surface area contributed by atoms with E-state index < -0.39 is 23.6 Å². The normalized spacial score (nSPS) is 11.4. The molecule has 3 rings (SSSR count). The van der Waals surface area contributed by atoms with Crippen LogP contribution < -0.4 is 5.32 Å². The minimum absolute atomic E-state index is 0.112. The van der Waals surface area contributed by atoms with E-state index >= 15 is 0 Å². The van der Waals surface area contributed by atoms with Crippen LogP contribution in [0, 0.1) is 10.1 Å². The highest BCUT2D eigenvalue weighted by molar-refractivity contribution is 7.99. The van der Waals surface area contributed by atoms with Crippen LogP contribution in [0.5, 0.6) is 0 Å². The van der Waals surface area contributed by atoms with Gasteiger partial charge in [0, 0.05) is 25.2 Å². The second kappa shape index (κ2) is 10.4. The molecule has 1 heterocycles. The van der Waals surface area contributed by atoms with Gasteiger partial charge in [-0.25, -0.2) is 0 Å². The molecule has 0 saturated carbocycles. The molecule has 0 bridgehead atoms. The Morgan fingerprint density at radius 3 is 2.52 bits per heavy atom. The van der Waals surface area contributed by atoms with Crippen molar-refractivity contribution in [2.45, 2.75) is 29.4 Å². The van der Waals surface area contributed by atoms with Crippen LogP contribution in [0.15, 0.2) is 58.8 Å². The number of hydrogen-bond acceptors (Lipinski definition) is 7. The number of alkyl halides is 3. The van der Waals surface area contributed by atoms with E-state index in [1.807, 2.05) is 0 Å². The predicted octanol–water partition coefficient (Wildman–Crippen LogP) is 3.88. The Balaban J connectivity index is 1.60. The first-order valence-electron chi connectivity index (χ1n) is 9.43. The van der Waals surface area contributed by atoms with Crippen LogP contribution in [0.2, 0.25) is 0 Å².